The third-order valence-corrected chi connectivity index (χ3v) is 8.21. The molecule has 0 radical (unpaired) electrons. The van der Waals surface area contributed by atoms with Gasteiger partial charge in [-0.25, -0.2) is 14.2 Å². The first-order chi connectivity index (χ1) is 15.3. The fourth-order valence-corrected chi connectivity index (χ4v) is 6.08. The Morgan fingerprint density at radius 2 is 1.88 bits per heavy atom. The van der Waals surface area contributed by atoms with Crippen molar-refractivity contribution in [1.82, 2.24) is 14.5 Å². The average molecular weight is 467 g/mol. The molecule has 2 aliphatic rings. The number of anilines is 1. The van der Waals surface area contributed by atoms with Crippen molar-refractivity contribution in [3.63, 3.8) is 0 Å². The van der Waals surface area contributed by atoms with E-state index in [1.54, 1.807) is 6.07 Å². The number of aromatic amines is 1. The summed E-state index contributed by atoms with van der Waals surface area (Å²) >= 11 is 0. The van der Waals surface area contributed by atoms with Crippen molar-refractivity contribution >= 4 is 15.9 Å². The monoisotopic (exact) mass is 466 g/mol. The standard InChI is InChI=1S/C21H30N4O6S/c1-4-18(19-22-23-20(26)31-19)25(17-7-6-15(2)16(3)14-17)32(27,28)24-10-8-21(9-11-24)29-12-5-13-30-21/h6-7,14,18H,4-5,8-13H2,1-3H3,(H,23,26)/t18-/m0/s1. The highest BCUT2D eigenvalue weighted by Gasteiger charge is 2.44. The van der Waals surface area contributed by atoms with E-state index >= 15 is 0 Å². The molecule has 1 N–H and O–H groups in total. The van der Waals surface area contributed by atoms with Crippen LogP contribution in [0.1, 0.15) is 55.7 Å². The van der Waals surface area contributed by atoms with Gasteiger partial charge in [-0.1, -0.05) is 13.0 Å². The largest absolute Gasteiger partial charge is 0.434 e. The van der Waals surface area contributed by atoms with Crippen molar-refractivity contribution in [2.75, 3.05) is 30.6 Å². The summed E-state index contributed by atoms with van der Waals surface area (Å²) in [4.78, 5) is 11.6. The van der Waals surface area contributed by atoms with Crippen molar-refractivity contribution in [3.8, 4) is 0 Å². The van der Waals surface area contributed by atoms with Gasteiger partial charge in [0.1, 0.15) is 6.04 Å². The summed E-state index contributed by atoms with van der Waals surface area (Å²) in [6.45, 7) is 7.51. The van der Waals surface area contributed by atoms with Crippen molar-refractivity contribution in [1.29, 1.82) is 0 Å². The van der Waals surface area contributed by atoms with Crippen LogP contribution in [0.15, 0.2) is 27.4 Å². The molecule has 2 fully saturated rings. The number of piperidine rings is 1. The molecule has 176 valence electrons. The smallest absolute Gasteiger partial charge is 0.390 e. The molecular formula is C21H30N4O6S. The Morgan fingerprint density at radius 1 is 1.19 bits per heavy atom. The number of hydrogen-bond donors (Lipinski definition) is 1. The van der Waals surface area contributed by atoms with Gasteiger partial charge >= 0.3 is 16.0 Å². The van der Waals surface area contributed by atoms with Gasteiger partial charge in [-0.05, 0) is 49.9 Å². The minimum Gasteiger partial charge on any atom is -0.390 e. The first-order valence-electron chi connectivity index (χ1n) is 11.0. The number of nitrogens with zero attached hydrogens (tertiary/aromatic N) is 3. The van der Waals surface area contributed by atoms with Crippen LogP contribution in [0.25, 0.3) is 0 Å². The second kappa shape index (κ2) is 8.97. The normalized spacial score (nSPS) is 20.3. The number of rotatable bonds is 6. The lowest BCUT2D eigenvalue weighted by molar-refractivity contribution is -0.280. The molecule has 0 amide bonds. The number of hydrogen-bond acceptors (Lipinski definition) is 7. The number of H-pyrrole nitrogens is 1. The third kappa shape index (κ3) is 4.34. The zero-order chi connectivity index (χ0) is 22.9. The van der Waals surface area contributed by atoms with Crippen LogP contribution >= 0.6 is 0 Å². The summed E-state index contributed by atoms with van der Waals surface area (Å²) in [5.41, 5.74) is 2.51. The number of aryl methyl sites for hydroxylation is 2. The maximum Gasteiger partial charge on any atom is 0.434 e. The molecule has 1 aromatic carbocycles. The highest BCUT2D eigenvalue weighted by Crippen LogP contribution is 2.37. The summed E-state index contributed by atoms with van der Waals surface area (Å²) < 4.78 is 47.6. The van der Waals surface area contributed by atoms with Gasteiger partial charge in [0, 0.05) is 25.9 Å². The van der Waals surface area contributed by atoms with E-state index in [4.69, 9.17) is 13.9 Å². The minimum atomic E-state index is -3.97. The summed E-state index contributed by atoms with van der Waals surface area (Å²) in [5, 5.41) is 6.17. The Labute approximate surface area is 187 Å². The first kappa shape index (κ1) is 23.0. The summed E-state index contributed by atoms with van der Waals surface area (Å²) in [6.07, 6.45) is 2.13. The van der Waals surface area contributed by atoms with Crippen LogP contribution in [0.3, 0.4) is 0 Å². The number of nitrogens with one attached hydrogen (secondary N) is 1. The Bertz CT molecular complexity index is 1100. The summed E-state index contributed by atoms with van der Waals surface area (Å²) in [7, 11) is -3.97. The third-order valence-electron chi connectivity index (χ3n) is 6.23. The van der Waals surface area contributed by atoms with Crippen molar-refractivity contribution in [3.05, 3.63) is 45.8 Å². The quantitative estimate of drug-likeness (QED) is 0.694. The zero-order valence-corrected chi connectivity index (χ0v) is 19.5. The van der Waals surface area contributed by atoms with Crippen LogP contribution in [-0.4, -0.2) is 55.0 Å². The predicted molar refractivity (Wildman–Crippen MR) is 118 cm³/mol. The fourth-order valence-electron chi connectivity index (χ4n) is 4.25. The van der Waals surface area contributed by atoms with Crippen LogP contribution in [0.4, 0.5) is 5.69 Å². The second-order valence-corrected chi connectivity index (χ2v) is 10.1. The van der Waals surface area contributed by atoms with Crippen LogP contribution in [0.5, 0.6) is 0 Å². The van der Waals surface area contributed by atoms with E-state index in [0.29, 0.717) is 38.2 Å². The molecule has 2 aromatic rings. The highest BCUT2D eigenvalue weighted by atomic mass is 32.2. The van der Waals surface area contributed by atoms with Gasteiger partial charge in [0.15, 0.2) is 5.79 Å². The van der Waals surface area contributed by atoms with Crippen LogP contribution < -0.4 is 10.1 Å². The van der Waals surface area contributed by atoms with Gasteiger partial charge in [-0.2, -0.15) is 12.7 Å². The Morgan fingerprint density at radius 3 is 2.44 bits per heavy atom. The molecule has 1 atom stereocenters. The van der Waals surface area contributed by atoms with E-state index in [0.717, 1.165) is 17.5 Å². The molecule has 1 aromatic heterocycles. The summed E-state index contributed by atoms with van der Waals surface area (Å²) in [6, 6.07) is 4.71. The maximum atomic E-state index is 13.9. The lowest BCUT2D eigenvalue weighted by atomic mass is 10.0. The van der Waals surface area contributed by atoms with Crippen LogP contribution in [-0.2, 0) is 19.7 Å². The second-order valence-electron chi connectivity index (χ2n) is 8.31. The van der Waals surface area contributed by atoms with Gasteiger partial charge in [0.25, 0.3) is 0 Å². The molecule has 0 unspecified atom stereocenters. The average Bonchev–Trinajstić information content (AvgIpc) is 3.20. The van der Waals surface area contributed by atoms with Gasteiger partial charge < -0.3 is 13.9 Å². The lowest BCUT2D eigenvalue weighted by Gasteiger charge is -2.44. The Kier molecular flexibility index (Phi) is 6.44. The van der Waals surface area contributed by atoms with Gasteiger partial charge in [-0.15, -0.1) is 5.10 Å². The van der Waals surface area contributed by atoms with Crippen molar-refractivity contribution < 1.29 is 22.3 Å². The van der Waals surface area contributed by atoms with Gasteiger partial charge in [-0.3, -0.25) is 0 Å². The molecule has 0 aliphatic carbocycles. The number of benzene rings is 1. The molecule has 11 heteroatoms. The topological polar surface area (TPSA) is 118 Å². The molecule has 0 bridgehead atoms. The zero-order valence-electron chi connectivity index (χ0n) is 18.7. The highest BCUT2D eigenvalue weighted by molar-refractivity contribution is 7.90. The van der Waals surface area contributed by atoms with E-state index in [1.165, 1.54) is 8.61 Å². The molecule has 3 heterocycles. The molecule has 2 saturated heterocycles. The van der Waals surface area contributed by atoms with E-state index in [9.17, 15) is 13.2 Å². The lowest BCUT2D eigenvalue weighted by Crippen LogP contribution is -2.54. The number of ether oxygens (including phenoxy) is 2. The van der Waals surface area contributed by atoms with Crippen molar-refractivity contribution in [2.45, 2.75) is 58.3 Å². The van der Waals surface area contributed by atoms with Gasteiger partial charge in [0.2, 0.25) is 5.89 Å². The van der Waals surface area contributed by atoms with Crippen molar-refractivity contribution in [2.24, 2.45) is 0 Å². The Hall–Kier alpha value is -2.21. The van der Waals surface area contributed by atoms with E-state index in [-0.39, 0.29) is 19.0 Å². The Balaban J connectivity index is 1.70. The van der Waals surface area contributed by atoms with Gasteiger partial charge in [0.05, 0.1) is 18.9 Å². The maximum absolute atomic E-state index is 13.9. The van der Waals surface area contributed by atoms with E-state index < -0.39 is 27.8 Å². The molecule has 32 heavy (non-hydrogen) atoms. The SMILES string of the molecule is CC[C@@H](c1n[nH]c(=O)o1)N(c1ccc(C)c(C)c1)S(=O)(=O)N1CCC2(CC1)OCCCO2. The first-order valence-corrected chi connectivity index (χ1v) is 12.4. The van der Waals surface area contributed by atoms with E-state index in [2.05, 4.69) is 10.2 Å². The molecule has 1 spiro atoms. The number of aromatic nitrogens is 2. The summed E-state index contributed by atoms with van der Waals surface area (Å²) in [5.74, 6) is -1.39. The minimum absolute atomic E-state index is 0.0340. The molecular weight excluding hydrogens is 436 g/mol. The van der Waals surface area contributed by atoms with E-state index in [1.807, 2.05) is 32.9 Å². The molecule has 2 aliphatic heterocycles. The van der Waals surface area contributed by atoms with Crippen LogP contribution in [0.2, 0.25) is 0 Å². The van der Waals surface area contributed by atoms with Crippen LogP contribution in [0, 0.1) is 13.8 Å². The molecule has 10 nitrogen and oxygen atoms in total. The predicted octanol–water partition coefficient (Wildman–Crippen LogP) is 2.41. The molecule has 0 saturated carbocycles. The fraction of sp³-hybridized carbons (Fsp3) is 0.619. The molecule has 4 rings (SSSR count).